The minimum Gasteiger partial charge on any atom is -0.386 e. The third-order valence-electron chi connectivity index (χ3n) is 3.51. The van der Waals surface area contributed by atoms with Crippen LogP contribution in [0.4, 0.5) is 0 Å². The third kappa shape index (κ3) is 4.88. The fourth-order valence-electron chi connectivity index (χ4n) is 2.39. The van der Waals surface area contributed by atoms with Crippen molar-refractivity contribution in [2.75, 3.05) is 18.6 Å². The maximum Gasteiger partial charge on any atom is 0.0984 e. The second-order valence-corrected chi connectivity index (χ2v) is 6.03. The van der Waals surface area contributed by atoms with Crippen molar-refractivity contribution >= 4 is 11.8 Å². The molecule has 2 aromatic rings. The van der Waals surface area contributed by atoms with E-state index in [-0.39, 0.29) is 6.04 Å². The average molecular weight is 301 g/mol. The molecule has 2 nitrogen and oxygen atoms in total. The van der Waals surface area contributed by atoms with Crippen LogP contribution in [0.1, 0.15) is 29.7 Å². The second kappa shape index (κ2) is 8.88. The van der Waals surface area contributed by atoms with Crippen molar-refractivity contribution in [2.24, 2.45) is 0 Å². The molecule has 0 heterocycles. The number of aliphatic hydroxyl groups is 1. The maximum absolute atomic E-state index is 10.7. The molecule has 0 radical (unpaired) electrons. The third-order valence-corrected chi connectivity index (χ3v) is 4.20. The Bertz CT molecular complexity index is 503. The van der Waals surface area contributed by atoms with Gasteiger partial charge < -0.3 is 10.4 Å². The Labute approximate surface area is 131 Å². The van der Waals surface area contributed by atoms with Gasteiger partial charge in [-0.15, -0.1) is 0 Å². The van der Waals surface area contributed by atoms with Crippen LogP contribution in [-0.2, 0) is 0 Å². The zero-order valence-electron chi connectivity index (χ0n) is 12.4. The molecule has 2 aromatic carbocycles. The van der Waals surface area contributed by atoms with Crippen LogP contribution in [0.15, 0.2) is 60.7 Å². The zero-order chi connectivity index (χ0) is 14.9. The number of nitrogens with one attached hydrogen (secondary N) is 1. The van der Waals surface area contributed by atoms with Gasteiger partial charge in [-0.1, -0.05) is 60.7 Å². The summed E-state index contributed by atoms with van der Waals surface area (Å²) in [6.07, 6.45) is 2.68. The first kappa shape index (κ1) is 16.1. The number of rotatable bonds is 8. The first-order chi connectivity index (χ1) is 10.3. The van der Waals surface area contributed by atoms with E-state index >= 15 is 0 Å². The second-order valence-electron chi connectivity index (χ2n) is 5.04. The molecule has 0 fully saturated rings. The van der Waals surface area contributed by atoms with Crippen LogP contribution in [-0.4, -0.2) is 23.7 Å². The Morgan fingerprint density at radius 1 is 0.952 bits per heavy atom. The minimum absolute atomic E-state index is 0.0737. The van der Waals surface area contributed by atoms with Crippen molar-refractivity contribution in [3.8, 4) is 0 Å². The first-order valence-corrected chi connectivity index (χ1v) is 8.72. The molecular formula is C18H23NOS. The van der Waals surface area contributed by atoms with E-state index in [1.807, 2.05) is 60.3 Å². The van der Waals surface area contributed by atoms with Gasteiger partial charge in [-0.05, 0) is 36.1 Å². The molecule has 0 aliphatic rings. The van der Waals surface area contributed by atoms with Crippen molar-refractivity contribution in [1.29, 1.82) is 0 Å². The molecule has 0 spiro atoms. The summed E-state index contributed by atoms with van der Waals surface area (Å²) in [5.74, 6) is 1.13. The number of hydrogen-bond acceptors (Lipinski definition) is 3. The lowest BCUT2D eigenvalue weighted by atomic mass is 9.96. The fraction of sp³-hybridized carbons (Fsp3) is 0.333. The standard InChI is InChI=1S/C18H23NOS/c1-21-14-8-13-19-17(15-9-4-2-5-10-15)18(20)16-11-6-3-7-12-16/h2-7,9-12,17-20H,8,13-14H2,1H3. The van der Waals surface area contributed by atoms with Crippen LogP contribution >= 0.6 is 11.8 Å². The van der Waals surface area contributed by atoms with Gasteiger partial charge in [0.05, 0.1) is 12.1 Å². The monoisotopic (exact) mass is 301 g/mol. The van der Waals surface area contributed by atoms with Crippen molar-refractivity contribution < 1.29 is 5.11 Å². The van der Waals surface area contributed by atoms with Crippen LogP contribution in [0.3, 0.4) is 0 Å². The molecule has 3 heteroatoms. The highest BCUT2D eigenvalue weighted by Crippen LogP contribution is 2.28. The van der Waals surface area contributed by atoms with E-state index in [9.17, 15) is 5.11 Å². The predicted octanol–water partition coefficient (Wildman–Crippen LogP) is 3.80. The van der Waals surface area contributed by atoms with Gasteiger partial charge in [0.25, 0.3) is 0 Å². The van der Waals surface area contributed by atoms with Crippen LogP contribution in [0.25, 0.3) is 0 Å². The summed E-state index contributed by atoms with van der Waals surface area (Å²) in [5, 5.41) is 14.2. The SMILES string of the molecule is CSCCCNC(c1ccccc1)C(O)c1ccccc1. The lowest BCUT2D eigenvalue weighted by Gasteiger charge is -2.25. The highest BCUT2D eigenvalue weighted by atomic mass is 32.2. The summed E-state index contributed by atoms with van der Waals surface area (Å²) in [5.41, 5.74) is 2.07. The molecule has 112 valence electrons. The molecule has 0 saturated heterocycles. The molecule has 2 unspecified atom stereocenters. The van der Waals surface area contributed by atoms with Crippen molar-refractivity contribution in [1.82, 2.24) is 5.32 Å². The minimum atomic E-state index is -0.539. The quantitative estimate of drug-likeness (QED) is 0.727. The van der Waals surface area contributed by atoms with E-state index in [4.69, 9.17) is 0 Å². The van der Waals surface area contributed by atoms with E-state index in [1.54, 1.807) is 0 Å². The number of thioether (sulfide) groups is 1. The van der Waals surface area contributed by atoms with Crippen molar-refractivity contribution in [2.45, 2.75) is 18.6 Å². The van der Waals surface area contributed by atoms with Crippen molar-refractivity contribution in [3.63, 3.8) is 0 Å². The molecule has 0 saturated carbocycles. The van der Waals surface area contributed by atoms with Crippen LogP contribution in [0.2, 0.25) is 0 Å². The Morgan fingerprint density at radius 3 is 2.10 bits per heavy atom. The summed E-state index contributed by atoms with van der Waals surface area (Å²) in [4.78, 5) is 0. The van der Waals surface area contributed by atoms with Crippen LogP contribution < -0.4 is 5.32 Å². The number of benzene rings is 2. The maximum atomic E-state index is 10.7. The number of aliphatic hydroxyl groups excluding tert-OH is 1. The van der Waals surface area contributed by atoms with E-state index in [2.05, 4.69) is 23.7 Å². The molecule has 0 aliphatic heterocycles. The molecule has 2 N–H and O–H groups in total. The Morgan fingerprint density at radius 2 is 1.52 bits per heavy atom. The predicted molar refractivity (Wildman–Crippen MR) is 91.6 cm³/mol. The van der Waals surface area contributed by atoms with Gasteiger partial charge in [0.1, 0.15) is 0 Å². The molecule has 0 amide bonds. The Balaban J connectivity index is 2.11. The van der Waals surface area contributed by atoms with Crippen LogP contribution in [0, 0.1) is 0 Å². The highest BCUT2D eigenvalue weighted by molar-refractivity contribution is 7.98. The lowest BCUT2D eigenvalue weighted by molar-refractivity contribution is 0.129. The van der Waals surface area contributed by atoms with Gasteiger partial charge in [-0.25, -0.2) is 0 Å². The van der Waals surface area contributed by atoms with Gasteiger partial charge in [0.2, 0.25) is 0 Å². The topological polar surface area (TPSA) is 32.3 Å². The van der Waals surface area contributed by atoms with Gasteiger partial charge >= 0.3 is 0 Å². The first-order valence-electron chi connectivity index (χ1n) is 7.33. The molecule has 21 heavy (non-hydrogen) atoms. The lowest BCUT2D eigenvalue weighted by Crippen LogP contribution is -2.28. The molecular weight excluding hydrogens is 278 g/mol. The Kier molecular flexibility index (Phi) is 6.80. The molecule has 0 aromatic heterocycles. The normalized spacial score (nSPS) is 13.8. The van der Waals surface area contributed by atoms with Crippen LogP contribution in [0.5, 0.6) is 0 Å². The summed E-state index contributed by atoms with van der Waals surface area (Å²) in [6.45, 7) is 0.907. The summed E-state index contributed by atoms with van der Waals surface area (Å²) in [7, 11) is 0. The van der Waals surface area contributed by atoms with E-state index in [0.29, 0.717) is 0 Å². The van der Waals surface area contributed by atoms with Crippen molar-refractivity contribution in [3.05, 3.63) is 71.8 Å². The molecule has 0 aliphatic carbocycles. The van der Waals surface area contributed by atoms with E-state index < -0.39 is 6.10 Å². The average Bonchev–Trinajstić information content (AvgIpc) is 2.56. The van der Waals surface area contributed by atoms with E-state index in [1.165, 1.54) is 0 Å². The smallest absolute Gasteiger partial charge is 0.0984 e. The van der Waals surface area contributed by atoms with Gasteiger partial charge in [-0.2, -0.15) is 11.8 Å². The fourth-order valence-corrected chi connectivity index (χ4v) is 2.82. The van der Waals surface area contributed by atoms with E-state index in [0.717, 1.165) is 29.8 Å². The number of hydrogen-bond donors (Lipinski definition) is 2. The summed E-state index contributed by atoms with van der Waals surface area (Å²) < 4.78 is 0. The molecule has 2 rings (SSSR count). The van der Waals surface area contributed by atoms with Gasteiger partial charge in [-0.3, -0.25) is 0 Å². The Hall–Kier alpha value is -1.29. The zero-order valence-corrected chi connectivity index (χ0v) is 13.2. The largest absolute Gasteiger partial charge is 0.386 e. The summed E-state index contributed by atoms with van der Waals surface area (Å²) >= 11 is 1.85. The molecule has 0 bridgehead atoms. The van der Waals surface area contributed by atoms with Gasteiger partial charge in [0, 0.05) is 0 Å². The summed E-state index contributed by atoms with van der Waals surface area (Å²) in [6, 6.07) is 20.0. The van der Waals surface area contributed by atoms with Gasteiger partial charge in [0.15, 0.2) is 0 Å². The molecule has 2 atom stereocenters. The highest BCUT2D eigenvalue weighted by Gasteiger charge is 2.21.